The van der Waals surface area contributed by atoms with Crippen molar-refractivity contribution in [3.05, 3.63) is 36.3 Å². The number of rotatable bonds is 2. The summed E-state index contributed by atoms with van der Waals surface area (Å²) >= 11 is 0. The number of fused-ring (bicyclic) bond motifs is 1. The number of aromatic nitrogens is 3. The minimum atomic E-state index is -0.402. The third-order valence-corrected chi connectivity index (χ3v) is 1.90. The van der Waals surface area contributed by atoms with Crippen LogP contribution in [0.1, 0.15) is 5.69 Å². The molecule has 0 aliphatic rings. The van der Waals surface area contributed by atoms with E-state index in [1.54, 1.807) is 29.1 Å². The van der Waals surface area contributed by atoms with Gasteiger partial charge >= 0.3 is 5.97 Å². The summed E-state index contributed by atoms with van der Waals surface area (Å²) < 4.78 is 6.12. The van der Waals surface area contributed by atoms with Gasteiger partial charge in [-0.15, -0.1) is 0 Å². The highest BCUT2D eigenvalue weighted by molar-refractivity contribution is 5.86. The molecule has 5 nitrogen and oxygen atoms in total. The average molecular weight is 203 g/mol. The van der Waals surface area contributed by atoms with E-state index in [1.807, 2.05) is 6.07 Å². The van der Waals surface area contributed by atoms with Crippen molar-refractivity contribution in [3.8, 4) is 0 Å². The molecule has 0 saturated heterocycles. The molecular formula is C10H9N3O2. The van der Waals surface area contributed by atoms with Gasteiger partial charge in [-0.2, -0.15) is 5.10 Å². The van der Waals surface area contributed by atoms with Crippen molar-refractivity contribution in [2.24, 2.45) is 0 Å². The van der Waals surface area contributed by atoms with Gasteiger partial charge in [-0.1, -0.05) is 0 Å². The van der Waals surface area contributed by atoms with Crippen LogP contribution in [0, 0.1) is 0 Å². The zero-order valence-electron chi connectivity index (χ0n) is 8.12. The molecule has 0 fully saturated rings. The number of imidazole rings is 1. The van der Waals surface area contributed by atoms with Crippen LogP contribution in [-0.4, -0.2) is 27.7 Å². The summed E-state index contributed by atoms with van der Waals surface area (Å²) in [6, 6.07) is 3.64. The van der Waals surface area contributed by atoms with Gasteiger partial charge in [0.2, 0.25) is 0 Å². The van der Waals surface area contributed by atoms with Crippen molar-refractivity contribution in [3.63, 3.8) is 0 Å². The number of nitrogens with zero attached hydrogens (tertiary/aromatic N) is 3. The molecule has 0 unspecified atom stereocenters. The van der Waals surface area contributed by atoms with Crippen LogP contribution in [0.5, 0.6) is 0 Å². The third kappa shape index (κ3) is 1.85. The van der Waals surface area contributed by atoms with Crippen LogP contribution in [-0.2, 0) is 9.53 Å². The van der Waals surface area contributed by atoms with Crippen molar-refractivity contribution in [2.45, 2.75) is 0 Å². The molecule has 0 radical (unpaired) electrons. The highest BCUT2D eigenvalue weighted by Gasteiger charge is 2.00. The van der Waals surface area contributed by atoms with E-state index in [0.717, 1.165) is 11.3 Å². The molecule has 2 rings (SSSR count). The lowest BCUT2D eigenvalue weighted by atomic mass is 10.4. The van der Waals surface area contributed by atoms with Gasteiger partial charge in [0.1, 0.15) is 0 Å². The van der Waals surface area contributed by atoms with Crippen molar-refractivity contribution in [1.82, 2.24) is 14.6 Å². The summed E-state index contributed by atoms with van der Waals surface area (Å²) in [6.07, 6.45) is 6.24. The largest absolute Gasteiger partial charge is 0.466 e. The molecule has 0 bridgehead atoms. The number of methoxy groups -OCH3 is 1. The van der Waals surface area contributed by atoms with Gasteiger partial charge in [0.15, 0.2) is 5.65 Å². The Morgan fingerprint density at radius 3 is 3.27 bits per heavy atom. The Balaban J connectivity index is 2.36. The summed E-state index contributed by atoms with van der Waals surface area (Å²) in [4.78, 5) is 15.0. The van der Waals surface area contributed by atoms with Crippen molar-refractivity contribution >= 4 is 17.7 Å². The first-order valence-corrected chi connectivity index (χ1v) is 4.36. The SMILES string of the molecule is COC(=O)C=Cc1cnc2cccnn12. The minimum absolute atomic E-state index is 0.402. The number of hydrogen-bond acceptors (Lipinski definition) is 4. The fourth-order valence-electron chi connectivity index (χ4n) is 1.18. The Morgan fingerprint density at radius 1 is 1.60 bits per heavy atom. The van der Waals surface area contributed by atoms with E-state index in [-0.39, 0.29) is 0 Å². The average Bonchev–Trinajstić information content (AvgIpc) is 2.69. The Bertz CT molecular complexity index is 516. The van der Waals surface area contributed by atoms with Crippen LogP contribution in [0.2, 0.25) is 0 Å². The molecule has 0 aromatic carbocycles. The zero-order valence-corrected chi connectivity index (χ0v) is 8.12. The Morgan fingerprint density at radius 2 is 2.47 bits per heavy atom. The molecule has 5 heteroatoms. The number of ether oxygens (including phenoxy) is 1. The number of esters is 1. The molecule has 76 valence electrons. The van der Waals surface area contributed by atoms with E-state index in [1.165, 1.54) is 13.2 Å². The van der Waals surface area contributed by atoms with Gasteiger partial charge in [0.25, 0.3) is 0 Å². The van der Waals surface area contributed by atoms with Crippen LogP contribution in [0.25, 0.3) is 11.7 Å². The summed E-state index contributed by atoms with van der Waals surface area (Å²) in [5.41, 5.74) is 1.47. The second kappa shape index (κ2) is 3.91. The fraction of sp³-hybridized carbons (Fsp3) is 0.100. The van der Waals surface area contributed by atoms with Crippen LogP contribution in [0.4, 0.5) is 0 Å². The predicted octanol–water partition coefficient (Wildman–Crippen LogP) is 0.915. The first-order chi connectivity index (χ1) is 7.31. The Hall–Kier alpha value is -2.17. The predicted molar refractivity (Wildman–Crippen MR) is 54.0 cm³/mol. The molecule has 2 aromatic rings. The molecule has 0 amide bonds. The molecule has 2 heterocycles. The second-order valence-electron chi connectivity index (χ2n) is 2.83. The van der Waals surface area contributed by atoms with Crippen molar-refractivity contribution in [2.75, 3.05) is 7.11 Å². The van der Waals surface area contributed by atoms with Gasteiger partial charge in [-0.3, -0.25) is 0 Å². The standard InChI is InChI=1S/C10H9N3O2/c1-15-10(14)5-4-8-7-11-9-3-2-6-12-13(8)9/h2-7H,1H3. The first-order valence-electron chi connectivity index (χ1n) is 4.36. The quantitative estimate of drug-likeness (QED) is 0.538. The van der Waals surface area contributed by atoms with Crippen molar-refractivity contribution in [1.29, 1.82) is 0 Å². The molecular weight excluding hydrogens is 194 g/mol. The summed E-state index contributed by atoms with van der Waals surface area (Å²) in [7, 11) is 1.33. The molecule has 15 heavy (non-hydrogen) atoms. The number of carbonyl (C=O) groups is 1. The first kappa shape index (κ1) is 9.39. The number of hydrogen-bond donors (Lipinski definition) is 0. The van der Waals surface area contributed by atoms with E-state index in [0.29, 0.717) is 0 Å². The third-order valence-electron chi connectivity index (χ3n) is 1.90. The van der Waals surface area contributed by atoms with Crippen LogP contribution in [0.3, 0.4) is 0 Å². The van der Waals surface area contributed by atoms with E-state index >= 15 is 0 Å². The highest BCUT2D eigenvalue weighted by Crippen LogP contribution is 2.05. The van der Waals surface area contributed by atoms with E-state index in [9.17, 15) is 4.79 Å². The molecule has 0 aliphatic carbocycles. The fourth-order valence-corrected chi connectivity index (χ4v) is 1.18. The maximum Gasteiger partial charge on any atom is 0.330 e. The van der Waals surface area contributed by atoms with Crippen LogP contribution in [0.15, 0.2) is 30.6 Å². The van der Waals surface area contributed by atoms with Gasteiger partial charge in [0.05, 0.1) is 19.0 Å². The summed E-state index contributed by atoms with van der Waals surface area (Å²) in [6.45, 7) is 0. The molecule has 0 atom stereocenters. The van der Waals surface area contributed by atoms with Gasteiger partial charge in [-0.25, -0.2) is 14.3 Å². The maximum atomic E-state index is 10.9. The summed E-state index contributed by atoms with van der Waals surface area (Å²) in [5.74, 6) is -0.402. The van der Waals surface area contributed by atoms with Crippen molar-refractivity contribution < 1.29 is 9.53 Å². The van der Waals surface area contributed by atoms with E-state index in [2.05, 4.69) is 14.8 Å². The molecule has 0 saturated carbocycles. The Labute approximate surface area is 86.0 Å². The normalized spacial score (nSPS) is 11.0. The smallest absolute Gasteiger partial charge is 0.330 e. The van der Waals surface area contributed by atoms with Gasteiger partial charge in [0, 0.05) is 12.3 Å². The number of carbonyl (C=O) groups excluding carboxylic acids is 1. The zero-order chi connectivity index (χ0) is 10.7. The monoisotopic (exact) mass is 203 g/mol. The minimum Gasteiger partial charge on any atom is -0.466 e. The van der Waals surface area contributed by atoms with E-state index in [4.69, 9.17) is 0 Å². The second-order valence-corrected chi connectivity index (χ2v) is 2.83. The lowest BCUT2D eigenvalue weighted by Crippen LogP contribution is -1.95. The lowest BCUT2D eigenvalue weighted by molar-refractivity contribution is -0.134. The van der Waals surface area contributed by atoms with E-state index < -0.39 is 5.97 Å². The van der Waals surface area contributed by atoms with Crippen LogP contribution < -0.4 is 0 Å². The topological polar surface area (TPSA) is 56.5 Å². The maximum absolute atomic E-state index is 10.9. The molecule has 0 N–H and O–H groups in total. The Kier molecular flexibility index (Phi) is 2.45. The summed E-state index contributed by atoms with van der Waals surface area (Å²) in [5, 5.41) is 4.10. The molecule has 0 spiro atoms. The molecule has 2 aromatic heterocycles. The lowest BCUT2D eigenvalue weighted by Gasteiger charge is -1.93. The highest BCUT2D eigenvalue weighted by atomic mass is 16.5. The van der Waals surface area contributed by atoms with Gasteiger partial charge in [-0.05, 0) is 18.2 Å². The van der Waals surface area contributed by atoms with Gasteiger partial charge < -0.3 is 4.74 Å². The molecule has 0 aliphatic heterocycles. The van der Waals surface area contributed by atoms with Crippen LogP contribution >= 0.6 is 0 Å².